The van der Waals surface area contributed by atoms with Crippen LogP contribution in [0.1, 0.15) is 20.8 Å². The monoisotopic (exact) mass is 195 g/mol. The minimum absolute atomic E-state index is 0.119. The molecule has 0 aliphatic heterocycles. The third-order valence-corrected chi connectivity index (χ3v) is 2.02. The van der Waals surface area contributed by atoms with Gasteiger partial charge in [0.1, 0.15) is 0 Å². The lowest BCUT2D eigenvalue weighted by atomic mass is 10.1. The zero-order valence-corrected chi connectivity index (χ0v) is 9.83. The lowest BCUT2D eigenvalue weighted by Gasteiger charge is -2.28. The molecule has 4 heteroatoms. The molecule has 11 heavy (non-hydrogen) atoms. The number of aliphatic hydroxyl groups is 1. The molecule has 0 spiro atoms. The van der Waals surface area contributed by atoms with Crippen molar-refractivity contribution in [1.82, 2.24) is 5.32 Å². The van der Waals surface area contributed by atoms with Gasteiger partial charge in [-0.15, -0.1) is 18.5 Å². The molecule has 0 aromatic heterocycles. The van der Waals surface area contributed by atoms with Gasteiger partial charge in [-0.3, -0.25) is 0 Å². The molecule has 0 aliphatic rings. The number of hydrogen-bond donors (Lipinski definition) is 2. The van der Waals surface area contributed by atoms with Crippen LogP contribution in [0.25, 0.3) is 0 Å². The fraction of sp³-hybridized carbons (Fsp3) is 1.00. The van der Waals surface area contributed by atoms with Crippen molar-refractivity contribution in [3.05, 3.63) is 0 Å². The molecule has 0 aromatic rings. The molecule has 2 atom stereocenters. The molecule has 0 saturated carbocycles. The second-order valence-electron chi connectivity index (χ2n) is 3.99. The molecule has 2 N–H and O–H groups in total. The van der Waals surface area contributed by atoms with Gasteiger partial charge in [0.15, 0.2) is 0 Å². The lowest BCUT2D eigenvalue weighted by molar-refractivity contribution is 0.272. The van der Waals surface area contributed by atoms with E-state index in [1.54, 1.807) is 0 Å². The predicted octanol–water partition coefficient (Wildman–Crippen LogP) is 0.813. The van der Waals surface area contributed by atoms with Crippen molar-refractivity contribution >= 4 is 18.5 Å². The van der Waals surface area contributed by atoms with Gasteiger partial charge in [-0.25, -0.2) is 0 Å². The first-order valence-corrected chi connectivity index (χ1v) is 4.86. The highest BCUT2D eigenvalue weighted by Crippen LogP contribution is 2.25. The summed E-state index contributed by atoms with van der Waals surface area (Å²) in [4.78, 5) is -0.173. The maximum absolute atomic E-state index is 8.91. The molecular formula is C7H19NOP2. The van der Waals surface area contributed by atoms with Crippen LogP contribution in [0.3, 0.4) is 0 Å². The smallest absolute Gasteiger partial charge is 0.0568 e. The Hall–Kier alpha value is 0.780. The van der Waals surface area contributed by atoms with Crippen LogP contribution < -0.4 is 5.32 Å². The van der Waals surface area contributed by atoms with Crippen LogP contribution in [0.15, 0.2) is 0 Å². The summed E-state index contributed by atoms with van der Waals surface area (Å²) in [5.74, 6) is 0. The van der Waals surface area contributed by atoms with E-state index in [1.807, 2.05) is 0 Å². The zero-order valence-electron chi connectivity index (χ0n) is 7.52. The quantitative estimate of drug-likeness (QED) is 0.653. The van der Waals surface area contributed by atoms with E-state index >= 15 is 0 Å². The van der Waals surface area contributed by atoms with Crippen LogP contribution in [0.5, 0.6) is 0 Å². The minimum Gasteiger partial charge on any atom is -0.395 e. The highest BCUT2D eigenvalue weighted by molar-refractivity contribution is 7.40. The van der Waals surface area contributed by atoms with Crippen molar-refractivity contribution in [2.45, 2.75) is 31.2 Å². The van der Waals surface area contributed by atoms with E-state index in [9.17, 15) is 0 Å². The van der Waals surface area contributed by atoms with Gasteiger partial charge in [0.25, 0.3) is 0 Å². The second kappa shape index (κ2) is 4.14. The Kier molecular flexibility index (Phi) is 4.43. The van der Waals surface area contributed by atoms with Crippen molar-refractivity contribution < 1.29 is 5.11 Å². The SMILES string of the molecule is CC(C)(C)NCC(P)(P)CO. The Labute approximate surface area is 73.9 Å². The van der Waals surface area contributed by atoms with E-state index in [0.29, 0.717) is 0 Å². The third kappa shape index (κ3) is 7.15. The summed E-state index contributed by atoms with van der Waals surface area (Å²) in [6, 6.07) is 0. The number of aliphatic hydroxyl groups excluding tert-OH is 1. The van der Waals surface area contributed by atoms with Crippen LogP contribution in [-0.2, 0) is 0 Å². The molecule has 2 unspecified atom stereocenters. The van der Waals surface area contributed by atoms with E-state index < -0.39 is 0 Å². The van der Waals surface area contributed by atoms with Crippen LogP contribution in [0.4, 0.5) is 0 Å². The Morgan fingerprint density at radius 2 is 1.73 bits per heavy atom. The van der Waals surface area contributed by atoms with Gasteiger partial charge in [-0.1, -0.05) is 0 Å². The van der Waals surface area contributed by atoms with Crippen molar-refractivity contribution in [3.8, 4) is 0 Å². The fourth-order valence-electron chi connectivity index (χ4n) is 0.486. The molecule has 0 saturated heterocycles. The Morgan fingerprint density at radius 1 is 1.27 bits per heavy atom. The standard InChI is InChI=1S/C7H19NOP2/c1-6(2,3)8-4-7(10,11)5-9/h8-9H,4-5,10-11H2,1-3H3. The van der Waals surface area contributed by atoms with Crippen LogP contribution >= 0.6 is 18.5 Å². The first kappa shape index (κ1) is 11.8. The van der Waals surface area contributed by atoms with Crippen LogP contribution in [0, 0.1) is 0 Å². The number of rotatable bonds is 3. The van der Waals surface area contributed by atoms with E-state index in [4.69, 9.17) is 5.11 Å². The van der Waals surface area contributed by atoms with Gasteiger partial charge in [-0.2, -0.15) is 0 Å². The van der Waals surface area contributed by atoms with Gasteiger partial charge in [-0.05, 0) is 20.8 Å². The molecule has 0 aliphatic carbocycles. The third-order valence-electron chi connectivity index (χ3n) is 1.24. The van der Waals surface area contributed by atoms with E-state index in [2.05, 4.69) is 44.6 Å². The van der Waals surface area contributed by atoms with E-state index in [-0.39, 0.29) is 17.0 Å². The maximum Gasteiger partial charge on any atom is 0.0568 e. The summed E-state index contributed by atoms with van der Waals surface area (Å²) in [6.45, 7) is 7.26. The second-order valence-corrected chi connectivity index (χ2v) is 6.96. The summed E-state index contributed by atoms with van der Waals surface area (Å²) in [6.07, 6.45) is 0. The first-order chi connectivity index (χ1) is 4.77. The van der Waals surface area contributed by atoms with Crippen molar-refractivity contribution in [2.24, 2.45) is 0 Å². The van der Waals surface area contributed by atoms with Gasteiger partial charge < -0.3 is 10.4 Å². The highest BCUT2D eigenvalue weighted by Gasteiger charge is 2.19. The normalized spacial score (nSPS) is 13.6. The first-order valence-electron chi connectivity index (χ1n) is 3.70. The average Bonchev–Trinajstić information content (AvgIpc) is 1.83. The predicted molar refractivity (Wildman–Crippen MR) is 57.0 cm³/mol. The Bertz CT molecular complexity index is 120. The molecule has 0 radical (unpaired) electrons. The molecule has 0 amide bonds. The van der Waals surface area contributed by atoms with Crippen LogP contribution in [-0.4, -0.2) is 28.7 Å². The Balaban J connectivity index is 3.70. The van der Waals surface area contributed by atoms with Crippen molar-refractivity contribution in [3.63, 3.8) is 0 Å². The van der Waals surface area contributed by atoms with Gasteiger partial charge in [0.2, 0.25) is 0 Å². The zero-order chi connectivity index (χ0) is 9.12. The largest absolute Gasteiger partial charge is 0.395 e. The summed E-state index contributed by atoms with van der Waals surface area (Å²) in [5.41, 5.74) is 0.119. The molecular weight excluding hydrogens is 176 g/mol. The van der Waals surface area contributed by atoms with E-state index in [0.717, 1.165) is 6.54 Å². The van der Waals surface area contributed by atoms with Crippen LogP contribution in [0.2, 0.25) is 0 Å². The Morgan fingerprint density at radius 3 is 2.00 bits per heavy atom. The maximum atomic E-state index is 8.91. The molecule has 0 aromatic carbocycles. The molecule has 68 valence electrons. The number of nitrogens with one attached hydrogen (secondary N) is 1. The number of hydrogen-bond acceptors (Lipinski definition) is 2. The van der Waals surface area contributed by atoms with Gasteiger partial charge >= 0.3 is 0 Å². The molecule has 2 nitrogen and oxygen atoms in total. The molecule has 0 fully saturated rings. The average molecular weight is 195 g/mol. The molecule has 0 bridgehead atoms. The highest BCUT2D eigenvalue weighted by atomic mass is 31.1. The van der Waals surface area contributed by atoms with Crippen molar-refractivity contribution in [2.75, 3.05) is 13.2 Å². The fourth-order valence-corrected chi connectivity index (χ4v) is 0.690. The molecule has 0 rings (SSSR count). The topological polar surface area (TPSA) is 32.3 Å². The van der Waals surface area contributed by atoms with Gasteiger partial charge in [0, 0.05) is 17.0 Å². The summed E-state index contributed by atoms with van der Waals surface area (Å²) >= 11 is 0. The lowest BCUT2D eigenvalue weighted by Crippen LogP contribution is -2.43. The van der Waals surface area contributed by atoms with E-state index in [1.165, 1.54) is 0 Å². The minimum atomic E-state index is -0.173. The van der Waals surface area contributed by atoms with Gasteiger partial charge in [0.05, 0.1) is 6.61 Å². The molecule has 0 heterocycles. The van der Waals surface area contributed by atoms with Crippen molar-refractivity contribution in [1.29, 1.82) is 0 Å². The summed E-state index contributed by atoms with van der Waals surface area (Å²) < 4.78 is 0. The summed E-state index contributed by atoms with van der Waals surface area (Å²) in [7, 11) is 5.24. The summed E-state index contributed by atoms with van der Waals surface area (Å²) in [5, 5.41) is 12.2.